The molecule has 21 heavy (non-hydrogen) atoms. The van der Waals surface area contributed by atoms with Gasteiger partial charge in [0.15, 0.2) is 0 Å². The smallest absolute Gasteiger partial charge is 0.226 e. The zero-order chi connectivity index (χ0) is 15.3. The maximum absolute atomic E-state index is 13.3. The van der Waals surface area contributed by atoms with Crippen molar-refractivity contribution in [2.45, 2.75) is 39.2 Å². The number of hydrogen-bond donors (Lipinski definition) is 2. The molecule has 116 valence electrons. The molecule has 1 aromatic rings. The first-order valence-electron chi connectivity index (χ1n) is 7.50. The van der Waals surface area contributed by atoms with Crippen molar-refractivity contribution in [1.29, 1.82) is 0 Å². The number of amides is 1. The Morgan fingerprint density at radius 2 is 2.14 bits per heavy atom. The van der Waals surface area contributed by atoms with Crippen molar-refractivity contribution in [3.8, 4) is 0 Å². The standard InChI is InChI=1S/C16H22BrFN2O/c1-2-5-16(6-8-19-9-7-16)15(21)20-11-12-10-13(18)3-4-14(12)17/h3-4,10,19H,2,5-9,11H2,1H3,(H,20,21). The minimum absolute atomic E-state index is 0.0991. The number of benzene rings is 1. The second-order valence-corrected chi connectivity index (χ2v) is 6.55. The molecule has 2 N–H and O–H groups in total. The summed E-state index contributed by atoms with van der Waals surface area (Å²) in [5.74, 6) is -0.186. The van der Waals surface area contributed by atoms with Gasteiger partial charge in [-0.2, -0.15) is 0 Å². The van der Waals surface area contributed by atoms with E-state index < -0.39 is 0 Å². The first-order chi connectivity index (χ1) is 10.1. The van der Waals surface area contributed by atoms with Crippen LogP contribution in [0, 0.1) is 11.2 Å². The minimum Gasteiger partial charge on any atom is -0.351 e. The molecule has 0 unspecified atom stereocenters. The summed E-state index contributed by atoms with van der Waals surface area (Å²) in [4.78, 5) is 12.6. The predicted molar refractivity (Wildman–Crippen MR) is 85.4 cm³/mol. The molecule has 3 nitrogen and oxygen atoms in total. The van der Waals surface area contributed by atoms with Gasteiger partial charge in [-0.1, -0.05) is 29.3 Å². The molecule has 1 aliphatic rings. The highest BCUT2D eigenvalue weighted by molar-refractivity contribution is 9.10. The lowest BCUT2D eigenvalue weighted by molar-refractivity contribution is -0.133. The summed E-state index contributed by atoms with van der Waals surface area (Å²) in [5, 5.41) is 6.31. The van der Waals surface area contributed by atoms with Gasteiger partial charge in [0.05, 0.1) is 5.41 Å². The zero-order valence-electron chi connectivity index (χ0n) is 12.3. The van der Waals surface area contributed by atoms with E-state index in [0.29, 0.717) is 6.54 Å². The van der Waals surface area contributed by atoms with E-state index in [1.54, 1.807) is 6.07 Å². The van der Waals surface area contributed by atoms with E-state index in [0.717, 1.165) is 48.8 Å². The Balaban J connectivity index is 2.03. The van der Waals surface area contributed by atoms with Crippen LogP contribution in [0.2, 0.25) is 0 Å². The van der Waals surface area contributed by atoms with Gasteiger partial charge in [0.25, 0.3) is 0 Å². The highest BCUT2D eigenvalue weighted by atomic mass is 79.9. The molecule has 0 aromatic heterocycles. The second kappa shape index (κ2) is 7.36. The minimum atomic E-state index is -0.285. The van der Waals surface area contributed by atoms with Crippen molar-refractivity contribution in [2.24, 2.45) is 5.41 Å². The van der Waals surface area contributed by atoms with Crippen molar-refractivity contribution in [3.05, 3.63) is 34.1 Å². The van der Waals surface area contributed by atoms with Gasteiger partial charge in [-0.25, -0.2) is 4.39 Å². The van der Waals surface area contributed by atoms with Gasteiger partial charge in [-0.05, 0) is 56.1 Å². The molecular weight excluding hydrogens is 335 g/mol. The Hall–Kier alpha value is -0.940. The van der Waals surface area contributed by atoms with Crippen LogP contribution < -0.4 is 10.6 Å². The Labute approximate surface area is 133 Å². The van der Waals surface area contributed by atoms with Crippen LogP contribution in [0.5, 0.6) is 0 Å². The molecule has 1 aliphatic heterocycles. The normalized spacial score (nSPS) is 17.5. The monoisotopic (exact) mass is 356 g/mol. The molecule has 1 amide bonds. The van der Waals surface area contributed by atoms with E-state index in [1.807, 2.05) is 0 Å². The largest absolute Gasteiger partial charge is 0.351 e. The van der Waals surface area contributed by atoms with E-state index >= 15 is 0 Å². The fourth-order valence-corrected chi connectivity index (χ4v) is 3.40. The van der Waals surface area contributed by atoms with E-state index in [2.05, 4.69) is 33.5 Å². The molecule has 2 rings (SSSR count). The maximum Gasteiger partial charge on any atom is 0.226 e. The maximum atomic E-state index is 13.3. The molecule has 0 spiro atoms. The van der Waals surface area contributed by atoms with Gasteiger partial charge in [0.2, 0.25) is 5.91 Å². The second-order valence-electron chi connectivity index (χ2n) is 5.70. The number of rotatable bonds is 5. The molecule has 5 heteroatoms. The van der Waals surface area contributed by atoms with Gasteiger partial charge in [0, 0.05) is 11.0 Å². The molecule has 1 fully saturated rings. The summed E-state index contributed by atoms with van der Waals surface area (Å²) in [6.07, 6.45) is 3.65. The lowest BCUT2D eigenvalue weighted by Gasteiger charge is -2.36. The van der Waals surface area contributed by atoms with Gasteiger partial charge < -0.3 is 10.6 Å². The van der Waals surface area contributed by atoms with Gasteiger partial charge in [-0.3, -0.25) is 4.79 Å². The third-order valence-corrected chi connectivity index (χ3v) is 4.99. The van der Waals surface area contributed by atoms with Crippen LogP contribution in [0.15, 0.2) is 22.7 Å². The van der Waals surface area contributed by atoms with Crippen molar-refractivity contribution in [2.75, 3.05) is 13.1 Å². The highest BCUT2D eigenvalue weighted by Crippen LogP contribution is 2.34. The summed E-state index contributed by atoms with van der Waals surface area (Å²) in [6.45, 7) is 4.24. The third kappa shape index (κ3) is 4.04. The summed E-state index contributed by atoms with van der Waals surface area (Å²) >= 11 is 3.39. The summed E-state index contributed by atoms with van der Waals surface area (Å²) in [5.41, 5.74) is 0.503. The molecule has 1 aromatic carbocycles. The molecule has 0 aliphatic carbocycles. The number of hydrogen-bond acceptors (Lipinski definition) is 2. The fourth-order valence-electron chi connectivity index (χ4n) is 3.02. The molecule has 1 saturated heterocycles. The lowest BCUT2D eigenvalue weighted by Crippen LogP contribution is -2.47. The molecular formula is C16H22BrFN2O. The Kier molecular flexibility index (Phi) is 5.76. The van der Waals surface area contributed by atoms with E-state index in [1.165, 1.54) is 12.1 Å². The van der Waals surface area contributed by atoms with Gasteiger partial charge in [0.1, 0.15) is 5.82 Å². The average molecular weight is 357 g/mol. The van der Waals surface area contributed by atoms with Crippen LogP contribution in [0.1, 0.15) is 38.2 Å². The van der Waals surface area contributed by atoms with Crippen molar-refractivity contribution in [3.63, 3.8) is 0 Å². The van der Waals surface area contributed by atoms with E-state index in [9.17, 15) is 9.18 Å². The number of piperidine rings is 1. The first-order valence-corrected chi connectivity index (χ1v) is 8.30. The third-order valence-electron chi connectivity index (χ3n) is 4.22. The quantitative estimate of drug-likeness (QED) is 0.848. The van der Waals surface area contributed by atoms with Gasteiger partial charge >= 0.3 is 0 Å². The van der Waals surface area contributed by atoms with Crippen LogP contribution in [0.3, 0.4) is 0 Å². The summed E-state index contributed by atoms with van der Waals surface area (Å²) in [7, 11) is 0. The molecule has 0 bridgehead atoms. The number of halogens is 2. The van der Waals surface area contributed by atoms with Gasteiger partial charge in [-0.15, -0.1) is 0 Å². The van der Waals surface area contributed by atoms with Crippen molar-refractivity contribution >= 4 is 21.8 Å². The Morgan fingerprint density at radius 3 is 2.81 bits per heavy atom. The molecule has 0 radical (unpaired) electrons. The number of carbonyl (C=O) groups is 1. The topological polar surface area (TPSA) is 41.1 Å². The lowest BCUT2D eigenvalue weighted by atomic mass is 9.74. The van der Waals surface area contributed by atoms with E-state index in [-0.39, 0.29) is 17.1 Å². The number of carbonyl (C=O) groups excluding carboxylic acids is 1. The Bertz CT molecular complexity index is 496. The van der Waals surface area contributed by atoms with Crippen LogP contribution >= 0.6 is 15.9 Å². The number of nitrogens with one attached hydrogen (secondary N) is 2. The van der Waals surface area contributed by atoms with Crippen LogP contribution in [0.25, 0.3) is 0 Å². The average Bonchev–Trinajstić information content (AvgIpc) is 2.49. The molecule has 1 heterocycles. The van der Waals surface area contributed by atoms with Crippen LogP contribution in [-0.4, -0.2) is 19.0 Å². The molecule has 0 saturated carbocycles. The first kappa shape index (κ1) is 16.4. The Morgan fingerprint density at radius 1 is 1.43 bits per heavy atom. The van der Waals surface area contributed by atoms with Crippen molar-refractivity contribution in [1.82, 2.24) is 10.6 Å². The SMILES string of the molecule is CCCC1(C(=O)NCc2cc(F)ccc2Br)CCNCC1. The fraction of sp³-hybridized carbons (Fsp3) is 0.562. The summed E-state index contributed by atoms with van der Waals surface area (Å²) < 4.78 is 14.1. The van der Waals surface area contributed by atoms with E-state index in [4.69, 9.17) is 0 Å². The van der Waals surface area contributed by atoms with Crippen molar-refractivity contribution < 1.29 is 9.18 Å². The molecule has 0 atom stereocenters. The zero-order valence-corrected chi connectivity index (χ0v) is 13.9. The summed E-state index contributed by atoms with van der Waals surface area (Å²) in [6, 6.07) is 4.53. The highest BCUT2D eigenvalue weighted by Gasteiger charge is 2.38. The van der Waals surface area contributed by atoms with Crippen LogP contribution in [-0.2, 0) is 11.3 Å². The predicted octanol–water partition coefficient (Wildman–Crippen LogP) is 3.37. The van der Waals surface area contributed by atoms with Crippen LogP contribution in [0.4, 0.5) is 4.39 Å².